The number of nitrogens with one attached hydrogen (secondary N) is 2. The predicted molar refractivity (Wildman–Crippen MR) is 75.5 cm³/mol. The topological polar surface area (TPSA) is 86.5 Å². The van der Waals surface area contributed by atoms with Crippen molar-refractivity contribution in [2.45, 2.75) is 18.5 Å². The van der Waals surface area contributed by atoms with Crippen LogP contribution in [0.1, 0.15) is 30.2 Å². The zero-order valence-electron chi connectivity index (χ0n) is 12.5. The lowest BCUT2D eigenvalue weighted by atomic mass is 10.2. The molecule has 2 atom stereocenters. The fourth-order valence-corrected chi connectivity index (χ4v) is 2.82. The molecule has 2 saturated heterocycles. The van der Waals surface area contributed by atoms with Crippen LogP contribution >= 0.6 is 0 Å². The van der Waals surface area contributed by atoms with E-state index in [1.165, 1.54) is 0 Å². The van der Waals surface area contributed by atoms with Crippen molar-refractivity contribution in [2.24, 2.45) is 0 Å². The maximum atomic E-state index is 11.2. The molecule has 8 heteroatoms. The van der Waals surface area contributed by atoms with Crippen LogP contribution in [0.4, 0.5) is 0 Å². The van der Waals surface area contributed by atoms with E-state index in [9.17, 15) is 4.79 Å². The lowest BCUT2D eigenvalue weighted by Gasteiger charge is -2.24. The number of nitrogens with zero attached hydrogens (tertiary/aromatic N) is 4. The SMILES string of the molecule is CN1CCCN(C)C(c2noc(C3CNC(=O)CN3)n2)C1. The van der Waals surface area contributed by atoms with Crippen LogP contribution in [0.15, 0.2) is 4.52 Å². The van der Waals surface area contributed by atoms with Gasteiger partial charge in [-0.05, 0) is 33.6 Å². The number of likely N-dealkylation sites (N-methyl/N-ethyl adjacent to an activating group) is 2. The Labute approximate surface area is 123 Å². The van der Waals surface area contributed by atoms with E-state index in [4.69, 9.17) is 4.52 Å². The fourth-order valence-electron chi connectivity index (χ4n) is 2.82. The number of hydrogen-bond acceptors (Lipinski definition) is 7. The first-order chi connectivity index (χ1) is 10.1. The molecule has 1 aromatic rings. The molecule has 8 nitrogen and oxygen atoms in total. The molecule has 0 bridgehead atoms. The van der Waals surface area contributed by atoms with Crippen molar-refractivity contribution >= 4 is 5.91 Å². The highest BCUT2D eigenvalue weighted by Gasteiger charge is 2.29. The highest BCUT2D eigenvalue weighted by Crippen LogP contribution is 2.22. The van der Waals surface area contributed by atoms with E-state index < -0.39 is 0 Å². The van der Waals surface area contributed by atoms with Crippen LogP contribution in [0.2, 0.25) is 0 Å². The van der Waals surface area contributed by atoms with Crippen LogP contribution in [0.25, 0.3) is 0 Å². The number of hydrogen-bond donors (Lipinski definition) is 2. The van der Waals surface area contributed by atoms with Crippen LogP contribution in [-0.2, 0) is 4.79 Å². The molecule has 3 rings (SSSR count). The maximum absolute atomic E-state index is 11.2. The van der Waals surface area contributed by atoms with Crippen molar-refractivity contribution < 1.29 is 9.32 Å². The smallest absolute Gasteiger partial charge is 0.245 e. The van der Waals surface area contributed by atoms with Gasteiger partial charge in [0, 0.05) is 13.1 Å². The summed E-state index contributed by atoms with van der Waals surface area (Å²) in [5, 5.41) is 10.1. The first kappa shape index (κ1) is 14.4. The van der Waals surface area contributed by atoms with Gasteiger partial charge in [-0.2, -0.15) is 4.98 Å². The van der Waals surface area contributed by atoms with Crippen LogP contribution < -0.4 is 10.6 Å². The highest BCUT2D eigenvalue weighted by molar-refractivity contribution is 5.78. The van der Waals surface area contributed by atoms with Crippen LogP contribution in [-0.4, -0.2) is 72.7 Å². The lowest BCUT2D eigenvalue weighted by Crippen LogP contribution is -2.47. The Morgan fingerprint density at radius 3 is 2.95 bits per heavy atom. The average molecular weight is 294 g/mol. The quantitative estimate of drug-likeness (QED) is 0.734. The number of carbonyl (C=O) groups excluding carboxylic acids is 1. The molecular weight excluding hydrogens is 272 g/mol. The Kier molecular flexibility index (Phi) is 4.18. The minimum Gasteiger partial charge on any atom is -0.353 e. The van der Waals surface area contributed by atoms with Gasteiger partial charge < -0.3 is 14.7 Å². The second-order valence-corrected chi connectivity index (χ2v) is 5.84. The summed E-state index contributed by atoms with van der Waals surface area (Å²) in [4.78, 5) is 20.3. The molecule has 2 N–H and O–H groups in total. The molecule has 3 heterocycles. The van der Waals surface area contributed by atoms with Gasteiger partial charge in [0.15, 0.2) is 5.82 Å². The van der Waals surface area contributed by atoms with E-state index in [0.717, 1.165) is 31.9 Å². The number of aromatic nitrogens is 2. The first-order valence-corrected chi connectivity index (χ1v) is 7.36. The second kappa shape index (κ2) is 6.08. The molecule has 2 unspecified atom stereocenters. The van der Waals surface area contributed by atoms with Gasteiger partial charge in [-0.3, -0.25) is 15.0 Å². The molecule has 0 spiro atoms. The Balaban J connectivity index is 1.72. The van der Waals surface area contributed by atoms with E-state index >= 15 is 0 Å². The van der Waals surface area contributed by atoms with Gasteiger partial charge in [-0.15, -0.1) is 0 Å². The molecule has 2 fully saturated rings. The summed E-state index contributed by atoms with van der Waals surface area (Å²) >= 11 is 0. The van der Waals surface area contributed by atoms with Crippen molar-refractivity contribution in [3.8, 4) is 0 Å². The van der Waals surface area contributed by atoms with E-state index in [2.05, 4.69) is 44.7 Å². The maximum Gasteiger partial charge on any atom is 0.245 e. The predicted octanol–water partition coefficient (Wildman–Crippen LogP) is -0.861. The van der Waals surface area contributed by atoms with Crippen LogP contribution in [0, 0.1) is 0 Å². The summed E-state index contributed by atoms with van der Waals surface area (Å²) < 4.78 is 5.40. The largest absolute Gasteiger partial charge is 0.353 e. The number of rotatable bonds is 2. The van der Waals surface area contributed by atoms with Crippen molar-refractivity contribution in [3.63, 3.8) is 0 Å². The Bertz CT molecular complexity index is 495. The summed E-state index contributed by atoms with van der Waals surface area (Å²) in [6, 6.07) is 0.0472. The minimum absolute atomic E-state index is 0.00360. The van der Waals surface area contributed by atoms with E-state index in [-0.39, 0.29) is 24.5 Å². The summed E-state index contributed by atoms with van der Waals surface area (Å²) in [7, 11) is 4.21. The molecular formula is C13H22N6O2. The van der Waals surface area contributed by atoms with Gasteiger partial charge in [-0.1, -0.05) is 5.16 Å². The Hall–Kier alpha value is -1.51. The first-order valence-electron chi connectivity index (χ1n) is 7.36. The summed E-state index contributed by atoms with van der Waals surface area (Å²) in [6.45, 7) is 3.78. The Morgan fingerprint density at radius 2 is 2.19 bits per heavy atom. The Morgan fingerprint density at radius 1 is 1.33 bits per heavy atom. The number of amides is 1. The normalized spacial score (nSPS) is 29.1. The average Bonchev–Trinajstić information content (AvgIpc) is 2.88. The fraction of sp³-hybridized carbons (Fsp3) is 0.769. The standard InChI is InChI=1S/C13H22N6O2/c1-18-4-3-5-19(2)10(8-18)12-16-13(21-17-12)9-6-15-11(20)7-14-9/h9-10,14H,3-8H2,1-2H3,(H,15,20). The zero-order chi connectivity index (χ0) is 14.8. The summed E-state index contributed by atoms with van der Waals surface area (Å²) in [5.74, 6) is 1.27. The molecule has 0 radical (unpaired) electrons. The van der Waals surface area contributed by atoms with Crippen molar-refractivity contribution in [2.75, 3.05) is 46.8 Å². The van der Waals surface area contributed by atoms with E-state index in [1.54, 1.807) is 0 Å². The van der Waals surface area contributed by atoms with Gasteiger partial charge >= 0.3 is 0 Å². The van der Waals surface area contributed by atoms with E-state index in [0.29, 0.717) is 12.4 Å². The molecule has 0 aliphatic carbocycles. The monoisotopic (exact) mass is 294 g/mol. The van der Waals surface area contributed by atoms with Gasteiger partial charge in [0.1, 0.15) is 6.04 Å². The van der Waals surface area contributed by atoms with E-state index in [1.807, 2.05) is 0 Å². The van der Waals surface area contributed by atoms with Gasteiger partial charge in [0.25, 0.3) is 0 Å². The third-order valence-corrected chi connectivity index (χ3v) is 4.13. The molecule has 0 aromatic carbocycles. The van der Waals surface area contributed by atoms with Gasteiger partial charge in [0.2, 0.25) is 11.8 Å². The third-order valence-electron chi connectivity index (χ3n) is 4.13. The number of piperazine rings is 1. The highest BCUT2D eigenvalue weighted by atomic mass is 16.5. The molecule has 1 amide bonds. The number of carbonyl (C=O) groups is 1. The zero-order valence-corrected chi connectivity index (χ0v) is 12.5. The van der Waals surface area contributed by atoms with Gasteiger partial charge in [-0.25, -0.2) is 0 Å². The van der Waals surface area contributed by atoms with Crippen LogP contribution in [0.5, 0.6) is 0 Å². The van der Waals surface area contributed by atoms with Crippen LogP contribution in [0.3, 0.4) is 0 Å². The molecule has 1 aromatic heterocycles. The van der Waals surface area contributed by atoms with Crippen molar-refractivity contribution in [3.05, 3.63) is 11.7 Å². The third kappa shape index (κ3) is 3.22. The molecule has 21 heavy (non-hydrogen) atoms. The lowest BCUT2D eigenvalue weighted by molar-refractivity contribution is -0.121. The second-order valence-electron chi connectivity index (χ2n) is 5.84. The molecule has 116 valence electrons. The van der Waals surface area contributed by atoms with Crippen molar-refractivity contribution in [1.29, 1.82) is 0 Å². The van der Waals surface area contributed by atoms with Gasteiger partial charge in [0.05, 0.1) is 12.6 Å². The van der Waals surface area contributed by atoms with Crippen molar-refractivity contribution in [1.82, 2.24) is 30.6 Å². The molecule has 2 aliphatic heterocycles. The molecule has 0 saturated carbocycles. The summed E-state index contributed by atoms with van der Waals surface area (Å²) in [6.07, 6.45) is 1.14. The summed E-state index contributed by atoms with van der Waals surface area (Å²) in [5.41, 5.74) is 0. The minimum atomic E-state index is -0.0993. The molecule has 2 aliphatic rings.